The van der Waals surface area contributed by atoms with E-state index in [0.29, 0.717) is 6.04 Å². The minimum Gasteiger partial charge on any atom is -0.312 e. The summed E-state index contributed by atoms with van der Waals surface area (Å²) in [6.45, 7) is 2.27. The first-order chi connectivity index (χ1) is 8.36. The van der Waals surface area contributed by atoms with Gasteiger partial charge in [0.15, 0.2) is 0 Å². The van der Waals surface area contributed by atoms with Gasteiger partial charge < -0.3 is 5.32 Å². The summed E-state index contributed by atoms with van der Waals surface area (Å²) in [5.41, 5.74) is 3.06. The summed E-state index contributed by atoms with van der Waals surface area (Å²) in [5, 5.41) is 4.27. The van der Waals surface area contributed by atoms with Crippen molar-refractivity contribution in [3.63, 3.8) is 0 Å². The van der Waals surface area contributed by atoms with Crippen LogP contribution in [0, 0.1) is 0 Å². The van der Waals surface area contributed by atoms with Crippen molar-refractivity contribution in [1.29, 1.82) is 0 Å². The molecule has 2 unspecified atom stereocenters. The molecule has 0 fully saturated rings. The van der Waals surface area contributed by atoms with Crippen LogP contribution < -0.4 is 5.32 Å². The van der Waals surface area contributed by atoms with E-state index in [1.165, 1.54) is 37.0 Å². The lowest BCUT2D eigenvalue weighted by Crippen LogP contribution is -2.32. The zero-order valence-electron chi connectivity index (χ0n) is 10.9. The second-order valence-electron chi connectivity index (χ2n) is 4.77. The first-order valence-corrected chi connectivity index (χ1v) is 7.78. The Bertz CT molecular complexity index is 351. The van der Waals surface area contributed by atoms with Gasteiger partial charge in [0.1, 0.15) is 0 Å². The summed E-state index contributed by atoms with van der Waals surface area (Å²) in [7, 11) is 2.10. The van der Waals surface area contributed by atoms with Crippen molar-refractivity contribution in [3.05, 3.63) is 35.4 Å². The molecule has 0 amide bonds. The van der Waals surface area contributed by atoms with Crippen molar-refractivity contribution in [3.8, 4) is 0 Å². The third-order valence-corrected chi connectivity index (χ3v) is 5.06. The van der Waals surface area contributed by atoms with Gasteiger partial charge in [0, 0.05) is 11.3 Å². The molecule has 0 aliphatic heterocycles. The molecule has 2 heteroatoms. The van der Waals surface area contributed by atoms with Crippen LogP contribution in [0.3, 0.4) is 0 Å². The molecule has 0 radical (unpaired) electrons. The Morgan fingerprint density at radius 3 is 2.94 bits per heavy atom. The number of nitrogens with one attached hydrogen (secondary N) is 1. The predicted octanol–water partition coefficient (Wildman–Crippen LogP) is 3.80. The van der Waals surface area contributed by atoms with Crippen LogP contribution in [0.4, 0.5) is 0 Å². The Labute approximate surface area is 109 Å². The smallest absolute Gasteiger partial charge is 0.0441 e. The Hall–Kier alpha value is -0.470. The highest BCUT2D eigenvalue weighted by Crippen LogP contribution is 2.36. The van der Waals surface area contributed by atoms with Gasteiger partial charge in [-0.05, 0) is 43.2 Å². The van der Waals surface area contributed by atoms with Crippen LogP contribution in [0.25, 0.3) is 0 Å². The van der Waals surface area contributed by atoms with Gasteiger partial charge in [0.2, 0.25) is 0 Å². The summed E-state index contributed by atoms with van der Waals surface area (Å²) in [4.78, 5) is 0. The van der Waals surface area contributed by atoms with Crippen molar-refractivity contribution >= 4 is 11.8 Å². The van der Waals surface area contributed by atoms with Crippen LogP contribution in [0.5, 0.6) is 0 Å². The molecule has 94 valence electrons. The maximum atomic E-state index is 3.52. The number of thioether (sulfide) groups is 1. The minimum absolute atomic E-state index is 0.543. The average molecular weight is 249 g/mol. The SMILES string of the molecule is CCCCSC1CCc2ccccc2C1NC. The molecule has 1 aliphatic rings. The summed E-state index contributed by atoms with van der Waals surface area (Å²) in [6, 6.07) is 9.45. The molecule has 0 bridgehead atoms. The maximum absolute atomic E-state index is 3.52. The third-order valence-electron chi connectivity index (χ3n) is 3.60. The fourth-order valence-electron chi connectivity index (χ4n) is 2.63. The molecular weight excluding hydrogens is 226 g/mol. The van der Waals surface area contributed by atoms with Crippen LogP contribution in [-0.4, -0.2) is 18.1 Å². The molecule has 0 saturated heterocycles. The molecule has 1 aliphatic carbocycles. The summed E-state index contributed by atoms with van der Waals surface area (Å²) in [6.07, 6.45) is 5.22. The van der Waals surface area contributed by atoms with Crippen molar-refractivity contribution < 1.29 is 0 Å². The lowest BCUT2D eigenvalue weighted by molar-refractivity contribution is 0.510. The molecule has 1 nitrogen and oxygen atoms in total. The highest BCUT2D eigenvalue weighted by Gasteiger charge is 2.27. The van der Waals surface area contributed by atoms with Gasteiger partial charge in [-0.2, -0.15) is 11.8 Å². The van der Waals surface area contributed by atoms with Crippen molar-refractivity contribution in [2.45, 2.75) is 43.9 Å². The molecule has 0 spiro atoms. The number of aryl methyl sites for hydroxylation is 1. The molecule has 0 heterocycles. The van der Waals surface area contributed by atoms with E-state index in [1.54, 1.807) is 5.56 Å². The highest BCUT2D eigenvalue weighted by molar-refractivity contribution is 7.99. The van der Waals surface area contributed by atoms with E-state index < -0.39 is 0 Å². The molecule has 2 atom stereocenters. The van der Waals surface area contributed by atoms with Crippen LogP contribution in [0.2, 0.25) is 0 Å². The van der Waals surface area contributed by atoms with Gasteiger partial charge in [-0.3, -0.25) is 0 Å². The molecule has 0 saturated carbocycles. The van der Waals surface area contributed by atoms with Crippen molar-refractivity contribution in [1.82, 2.24) is 5.32 Å². The number of hydrogen-bond acceptors (Lipinski definition) is 2. The van der Waals surface area contributed by atoms with Crippen LogP contribution in [0.15, 0.2) is 24.3 Å². The second kappa shape index (κ2) is 6.46. The molecular formula is C15H23NS. The second-order valence-corrected chi connectivity index (χ2v) is 6.11. The van der Waals surface area contributed by atoms with Gasteiger partial charge in [0.25, 0.3) is 0 Å². The molecule has 17 heavy (non-hydrogen) atoms. The Kier molecular flexibility index (Phi) is 4.93. The normalized spacial score (nSPS) is 23.4. The number of rotatable bonds is 5. The number of unbranched alkanes of at least 4 members (excludes halogenated alkanes) is 1. The van der Waals surface area contributed by atoms with Gasteiger partial charge in [-0.15, -0.1) is 0 Å². The topological polar surface area (TPSA) is 12.0 Å². The lowest BCUT2D eigenvalue weighted by atomic mass is 9.87. The van der Waals surface area contributed by atoms with Gasteiger partial charge >= 0.3 is 0 Å². The number of fused-ring (bicyclic) bond motifs is 1. The summed E-state index contributed by atoms with van der Waals surface area (Å²) < 4.78 is 0. The van der Waals surface area contributed by atoms with E-state index in [4.69, 9.17) is 0 Å². The molecule has 1 aromatic rings. The summed E-state index contributed by atoms with van der Waals surface area (Å²) >= 11 is 2.16. The molecule has 1 N–H and O–H groups in total. The number of hydrogen-bond donors (Lipinski definition) is 1. The monoisotopic (exact) mass is 249 g/mol. The van der Waals surface area contributed by atoms with Crippen LogP contribution >= 0.6 is 11.8 Å². The van der Waals surface area contributed by atoms with E-state index in [9.17, 15) is 0 Å². The Balaban J connectivity index is 2.06. The minimum atomic E-state index is 0.543. The van der Waals surface area contributed by atoms with E-state index >= 15 is 0 Å². The zero-order chi connectivity index (χ0) is 12.1. The van der Waals surface area contributed by atoms with E-state index in [-0.39, 0.29) is 0 Å². The van der Waals surface area contributed by atoms with Crippen LogP contribution in [-0.2, 0) is 6.42 Å². The highest BCUT2D eigenvalue weighted by atomic mass is 32.2. The Morgan fingerprint density at radius 2 is 2.18 bits per heavy atom. The van der Waals surface area contributed by atoms with Crippen molar-refractivity contribution in [2.24, 2.45) is 0 Å². The predicted molar refractivity (Wildman–Crippen MR) is 77.7 cm³/mol. The molecule has 1 aromatic carbocycles. The number of benzene rings is 1. The first kappa shape index (κ1) is 13.0. The first-order valence-electron chi connectivity index (χ1n) is 6.73. The van der Waals surface area contributed by atoms with Gasteiger partial charge in [-0.25, -0.2) is 0 Å². The summed E-state index contributed by atoms with van der Waals surface area (Å²) in [5.74, 6) is 1.31. The molecule has 0 aromatic heterocycles. The van der Waals surface area contributed by atoms with Gasteiger partial charge in [0.05, 0.1) is 0 Å². The van der Waals surface area contributed by atoms with E-state index in [0.717, 1.165) is 5.25 Å². The molecule has 2 rings (SSSR count). The van der Waals surface area contributed by atoms with E-state index in [1.807, 2.05) is 0 Å². The third kappa shape index (κ3) is 3.05. The van der Waals surface area contributed by atoms with Crippen LogP contribution in [0.1, 0.15) is 43.4 Å². The Morgan fingerprint density at radius 1 is 1.35 bits per heavy atom. The largest absolute Gasteiger partial charge is 0.312 e. The van der Waals surface area contributed by atoms with Gasteiger partial charge in [-0.1, -0.05) is 37.6 Å². The zero-order valence-corrected chi connectivity index (χ0v) is 11.7. The maximum Gasteiger partial charge on any atom is 0.0441 e. The van der Waals surface area contributed by atoms with Crippen molar-refractivity contribution in [2.75, 3.05) is 12.8 Å². The van der Waals surface area contributed by atoms with E-state index in [2.05, 4.69) is 55.3 Å². The standard InChI is InChI=1S/C15H23NS/c1-3-4-11-17-14-10-9-12-7-5-6-8-13(12)15(14)16-2/h5-8,14-16H,3-4,9-11H2,1-2H3. The average Bonchev–Trinajstić information content (AvgIpc) is 2.38. The quantitative estimate of drug-likeness (QED) is 0.797. The fraction of sp³-hybridized carbons (Fsp3) is 0.600. The lowest BCUT2D eigenvalue weighted by Gasteiger charge is -2.33. The fourth-order valence-corrected chi connectivity index (χ4v) is 4.15.